The lowest BCUT2D eigenvalue weighted by atomic mass is 10.1. The lowest BCUT2D eigenvalue weighted by Crippen LogP contribution is -3.00. The summed E-state index contributed by atoms with van der Waals surface area (Å²) in [5.41, 5.74) is 1.14. The van der Waals surface area contributed by atoms with Crippen molar-refractivity contribution in [2.45, 2.75) is 12.7 Å². The first-order valence-corrected chi connectivity index (χ1v) is 6.34. The summed E-state index contributed by atoms with van der Waals surface area (Å²) in [6, 6.07) is 15.3. The second-order valence-electron chi connectivity index (χ2n) is 5.38. The third-order valence-corrected chi connectivity index (χ3v) is 3.29. The second kappa shape index (κ2) is 6.50. The van der Waals surface area contributed by atoms with Crippen molar-refractivity contribution in [2.24, 2.45) is 0 Å². The SMILES string of the molecule is C[N+](C)(Cc1cccc(C(F)(F)F)c1)c1ccccc1.[Cl-]. The summed E-state index contributed by atoms with van der Waals surface area (Å²) in [5, 5.41) is 0. The summed E-state index contributed by atoms with van der Waals surface area (Å²) in [7, 11) is 3.96. The van der Waals surface area contributed by atoms with E-state index in [2.05, 4.69) is 0 Å². The number of hydrogen-bond donors (Lipinski definition) is 0. The van der Waals surface area contributed by atoms with Crippen LogP contribution in [0.4, 0.5) is 18.9 Å². The normalized spacial score (nSPS) is 11.9. The van der Waals surface area contributed by atoms with Gasteiger partial charge in [0.25, 0.3) is 0 Å². The van der Waals surface area contributed by atoms with E-state index in [1.54, 1.807) is 6.07 Å². The van der Waals surface area contributed by atoms with E-state index in [9.17, 15) is 13.2 Å². The van der Waals surface area contributed by atoms with Crippen LogP contribution in [-0.4, -0.2) is 14.1 Å². The van der Waals surface area contributed by atoms with Gasteiger partial charge < -0.3 is 12.4 Å². The van der Waals surface area contributed by atoms with E-state index in [4.69, 9.17) is 0 Å². The van der Waals surface area contributed by atoms with E-state index in [0.29, 0.717) is 16.6 Å². The minimum Gasteiger partial charge on any atom is -1.00 e. The lowest BCUT2D eigenvalue weighted by Gasteiger charge is -2.29. The van der Waals surface area contributed by atoms with E-state index in [0.717, 1.165) is 11.8 Å². The van der Waals surface area contributed by atoms with Crippen LogP contribution in [0.3, 0.4) is 0 Å². The Morgan fingerprint density at radius 3 is 2.10 bits per heavy atom. The molecule has 0 amide bonds. The van der Waals surface area contributed by atoms with Gasteiger partial charge in [0.1, 0.15) is 12.2 Å². The summed E-state index contributed by atoms with van der Waals surface area (Å²) in [6.45, 7) is 0.508. The third-order valence-electron chi connectivity index (χ3n) is 3.29. The number of quaternary nitrogens is 1. The van der Waals surface area contributed by atoms with Gasteiger partial charge in [-0.15, -0.1) is 0 Å². The second-order valence-corrected chi connectivity index (χ2v) is 5.38. The van der Waals surface area contributed by atoms with E-state index in [-0.39, 0.29) is 12.4 Å². The van der Waals surface area contributed by atoms with E-state index in [1.165, 1.54) is 12.1 Å². The number of benzene rings is 2. The van der Waals surface area contributed by atoms with Crippen molar-refractivity contribution in [3.63, 3.8) is 0 Å². The van der Waals surface area contributed by atoms with E-state index < -0.39 is 11.7 Å². The van der Waals surface area contributed by atoms with Crippen LogP contribution < -0.4 is 16.9 Å². The molecule has 114 valence electrons. The Bertz CT molecular complexity index is 580. The van der Waals surface area contributed by atoms with Crippen LogP contribution in [-0.2, 0) is 12.7 Å². The number of nitrogens with zero attached hydrogens (tertiary/aromatic N) is 1. The molecule has 0 aromatic heterocycles. The summed E-state index contributed by atoms with van der Waals surface area (Å²) >= 11 is 0. The molecule has 2 aromatic carbocycles. The van der Waals surface area contributed by atoms with Gasteiger partial charge in [0.2, 0.25) is 0 Å². The van der Waals surface area contributed by atoms with Crippen LogP contribution in [0.5, 0.6) is 0 Å². The van der Waals surface area contributed by atoms with Gasteiger partial charge in [-0.2, -0.15) is 13.2 Å². The van der Waals surface area contributed by atoms with Crippen molar-refractivity contribution >= 4 is 5.69 Å². The number of rotatable bonds is 3. The summed E-state index contributed by atoms with van der Waals surface area (Å²) in [6.07, 6.45) is -4.29. The molecule has 0 heterocycles. The molecule has 21 heavy (non-hydrogen) atoms. The summed E-state index contributed by atoms with van der Waals surface area (Å²) < 4.78 is 38.7. The zero-order valence-corrected chi connectivity index (χ0v) is 12.6. The quantitative estimate of drug-likeness (QED) is 0.753. The molecule has 0 spiro atoms. The van der Waals surface area contributed by atoms with Crippen molar-refractivity contribution in [1.82, 2.24) is 4.48 Å². The molecular weight excluding hydrogens is 299 g/mol. The molecule has 0 N–H and O–H groups in total. The highest BCUT2D eigenvalue weighted by molar-refractivity contribution is 5.42. The average molecular weight is 316 g/mol. The molecule has 0 radical (unpaired) electrons. The molecule has 2 aromatic rings. The third kappa shape index (κ3) is 4.48. The van der Waals surface area contributed by atoms with Crippen LogP contribution in [0.2, 0.25) is 0 Å². The Morgan fingerprint density at radius 2 is 1.52 bits per heavy atom. The number of halogens is 4. The van der Waals surface area contributed by atoms with Crippen molar-refractivity contribution in [1.29, 1.82) is 0 Å². The van der Waals surface area contributed by atoms with Crippen molar-refractivity contribution in [3.8, 4) is 0 Å². The molecule has 1 nitrogen and oxygen atoms in total. The molecular formula is C16H17ClF3N. The van der Waals surface area contributed by atoms with Gasteiger partial charge >= 0.3 is 6.18 Å². The maximum atomic E-state index is 12.7. The van der Waals surface area contributed by atoms with Crippen LogP contribution in [0.25, 0.3) is 0 Å². The van der Waals surface area contributed by atoms with Gasteiger partial charge in [0, 0.05) is 5.56 Å². The van der Waals surface area contributed by atoms with Crippen LogP contribution >= 0.6 is 0 Å². The predicted molar refractivity (Wildman–Crippen MR) is 75.2 cm³/mol. The van der Waals surface area contributed by atoms with Gasteiger partial charge in [-0.25, -0.2) is 0 Å². The molecule has 0 saturated heterocycles. The standard InChI is InChI=1S/C16H17F3N.ClH/c1-20(2,15-9-4-3-5-10-15)12-13-7-6-8-14(11-13)16(17,18)19;/h3-11H,12H2,1-2H3;1H/q+1;/p-1. The fraction of sp³-hybridized carbons (Fsp3) is 0.250. The van der Waals surface area contributed by atoms with Crippen molar-refractivity contribution in [3.05, 3.63) is 65.7 Å². The zero-order valence-electron chi connectivity index (χ0n) is 11.9. The average Bonchev–Trinajstić information content (AvgIpc) is 2.38. The Balaban J connectivity index is 0.00000220. The highest BCUT2D eigenvalue weighted by Gasteiger charge is 2.31. The first kappa shape index (κ1) is 17.5. The van der Waals surface area contributed by atoms with E-state index >= 15 is 0 Å². The molecule has 2 rings (SSSR count). The molecule has 0 atom stereocenters. The molecule has 0 aliphatic rings. The molecule has 0 unspecified atom stereocenters. The van der Waals surface area contributed by atoms with Gasteiger partial charge in [0.15, 0.2) is 0 Å². The molecule has 0 aliphatic heterocycles. The minimum absolute atomic E-state index is 0. The van der Waals surface area contributed by atoms with Gasteiger partial charge in [-0.1, -0.05) is 30.3 Å². The van der Waals surface area contributed by atoms with Crippen molar-refractivity contribution in [2.75, 3.05) is 14.1 Å². The monoisotopic (exact) mass is 315 g/mol. The van der Waals surface area contributed by atoms with Crippen LogP contribution in [0, 0.1) is 0 Å². The summed E-state index contributed by atoms with van der Waals surface area (Å²) in [4.78, 5) is 0. The Labute approximate surface area is 129 Å². The Morgan fingerprint density at radius 1 is 0.905 bits per heavy atom. The topological polar surface area (TPSA) is 0 Å². The first-order chi connectivity index (χ1) is 9.29. The van der Waals surface area contributed by atoms with Gasteiger partial charge in [-0.05, 0) is 24.3 Å². The number of hydrogen-bond acceptors (Lipinski definition) is 0. The zero-order chi connectivity index (χ0) is 14.8. The van der Waals surface area contributed by atoms with Crippen LogP contribution in [0.1, 0.15) is 11.1 Å². The van der Waals surface area contributed by atoms with Gasteiger partial charge in [0.05, 0.1) is 19.7 Å². The maximum Gasteiger partial charge on any atom is 0.416 e. The summed E-state index contributed by atoms with van der Waals surface area (Å²) in [5.74, 6) is 0. The highest BCUT2D eigenvalue weighted by Crippen LogP contribution is 2.30. The number of alkyl halides is 3. The lowest BCUT2D eigenvalue weighted by molar-refractivity contribution is -0.137. The molecule has 5 heteroatoms. The molecule has 0 bridgehead atoms. The van der Waals surface area contributed by atoms with Crippen molar-refractivity contribution < 1.29 is 25.6 Å². The highest BCUT2D eigenvalue weighted by atomic mass is 35.5. The largest absolute Gasteiger partial charge is 1.00 e. The molecule has 0 aliphatic carbocycles. The first-order valence-electron chi connectivity index (χ1n) is 6.34. The number of para-hydroxylation sites is 1. The minimum atomic E-state index is -4.29. The Kier molecular flexibility index (Phi) is 5.42. The molecule has 0 saturated carbocycles. The van der Waals surface area contributed by atoms with E-state index in [1.807, 2.05) is 44.4 Å². The van der Waals surface area contributed by atoms with Crippen LogP contribution in [0.15, 0.2) is 54.6 Å². The Hall–Kier alpha value is -1.52. The fourth-order valence-electron chi connectivity index (χ4n) is 2.23. The smallest absolute Gasteiger partial charge is 0.416 e. The predicted octanol–water partition coefficient (Wildman–Crippen LogP) is 1.48. The fourth-order valence-corrected chi connectivity index (χ4v) is 2.23. The maximum absolute atomic E-state index is 12.7. The van der Waals surface area contributed by atoms with Gasteiger partial charge in [-0.3, -0.25) is 4.48 Å². The molecule has 0 fully saturated rings.